The molecular weight excluding hydrogens is 216 g/mol. The van der Waals surface area contributed by atoms with Gasteiger partial charge in [0.05, 0.1) is 0 Å². The molecule has 5 nitrogen and oxygen atoms in total. The fourth-order valence-electron chi connectivity index (χ4n) is 1.54. The van der Waals surface area contributed by atoms with Gasteiger partial charge in [-0.05, 0) is 31.4 Å². The number of hydrogen-bond acceptors (Lipinski definition) is 4. The second kappa shape index (κ2) is 6.85. The molecule has 0 aliphatic heterocycles. The van der Waals surface area contributed by atoms with E-state index in [1.54, 1.807) is 6.07 Å². The Balaban J connectivity index is 2.53. The van der Waals surface area contributed by atoms with Crippen LogP contribution in [0.4, 0.5) is 5.82 Å². The molecule has 5 heteroatoms. The van der Waals surface area contributed by atoms with Crippen LogP contribution in [0.1, 0.15) is 25.0 Å². The number of hydrogen-bond donors (Lipinski definition) is 3. The molecule has 0 aliphatic rings. The molecule has 0 aliphatic carbocycles. The fourth-order valence-corrected chi connectivity index (χ4v) is 1.54. The number of aliphatic hydroxyl groups excluding tert-OH is 1. The van der Waals surface area contributed by atoms with Crippen LogP contribution in [-0.2, 0) is 0 Å². The predicted molar refractivity (Wildman–Crippen MR) is 69.5 cm³/mol. The number of aromatic nitrogens is 1. The van der Waals surface area contributed by atoms with Crippen LogP contribution in [0.3, 0.4) is 0 Å². The molecule has 4 N–H and O–H groups in total. The Hall–Kier alpha value is -1.62. The van der Waals surface area contributed by atoms with E-state index in [1.165, 1.54) is 0 Å². The first kappa shape index (κ1) is 13.4. The topological polar surface area (TPSA) is 86.2 Å². The van der Waals surface area contributed by atoms with E-state index in [9.17, 15) is 0 Å². The zero-order valence-electron chi connectivity index (χ0n) is 10.2. The van der Waals surface area contributed by atoms with Gasteiger partial charge in [-0.1, -0.05) is 6.07 Å². The minimum atomic E-state index is -0.0134. The van der Waals surface area contributed by atoms with Gasteiger partial charge < -0.3 is 15.7 Å². The van der Waals surface area contributed by atoms with Gasteiger partial charge in [-0.15, -0.1) is 0 Å². The number of nitrogens with zero attached hydrogens (tertiary/aromatic N) is 2. The largest absolute Gasteiger partial charge is 0.396 e. The quantitative estimate of drug-likeness (QED) is 0.374. The molecule has 17 heavy (non-hydrogen) atoms. The van der Waals surface area contributed by atoms with E-state index in [0.717, 1.165) is 31.6 Å². The van der Waals surface area contributed by atoms with E-state index in [4.69, 9.17) is 16.2 Å². The van der Waals surface area contributed by atoms with E-state index in [-0.39, 0.29) is 12.4 Å². The Bertz CT molecular complexity index is 367. The Morgan fingerprint density at radius 1 is 1.41 bits per heavy atom. The molecule has 0 fully saturated rings. The maximum absolute atomic E-state index is 8.68. The van der Waals surface area contributed by atoms with Crippen molar-refractivity contribution < 1.29 is 5.11 Å². The molecule has 0 unspecified atom stereocenters. The summed E-state index contributed by atoms with van der Waals surface area (Å²) in [6, 6.07) is 5.48. The minimum Gasteiger partial charge on any atom is -0.396 e. The lowest BCUT2D eigenvalue weighted by Gasteiger charge is -2.18. The highest BCUT2D eigenvalue weighted by Crippen LogP contribution is 2.10. The van der Waals surface area contributed by atoms with Gasteiger partial charge in [0.15, 0.2) is 0 Å². The number of nitrogens with one attached hydrogen (secondary N) is 1. The third kappa shape index (κ3) is 4.40. The predicted octanol–water partition coefficient (Wildman–Crippen LogP) is 0.964. The zero-order valence-corrected chi connectivity index (χ0v) is 10.2. The molecule has 0 spiro atoms. The van der Waals surface area contributed by atoms with E-state index < -0.39 is 0 Å². The molecule has 0 saturated heterocycles. The van der Waals surface area contributed by atoms with Crippen molar-refractivity contribution in [3.05, 3.63) is 23.9 Å². The number of aliphatic hydroxyl groups is 1. The smallest absolute Gasteiger partial charge is 0.141 e. The first-order valence-corrected chi connectivity index (χ1v) is 5.78. The van der Waals surface area contributed by atoms with Crippen LogP contribution in [-0.4, -0.2) is 36.1 Å². The molecule has 1 aromatic rings. The highest BCUT2D eigenvalue weighted by molar-refractivity contribution is 5.93. The lowest BCUT2D eigenvalue weighted by atomic mass is 10.2. The minimum absolute atomic E-state index is 0.0134. The maximum Gasteiger partial charge on any atom is 0.141 e. The van der Waals surface area contributed by atoms with E-state index in [0.29, 0.717) is 5.69 Å². The molecule has 94 valence electrons. The summed E-state index contributed by atoms with van der Waals surface area (Å²) in [7, 11) is 1.96. The van der Waals surface area contributed by atoms with Crippen molar-refractivity contribution in [3.63, 3.8) is 0 Å². The van der Waals surface area contributed by atoms with Crippen molar-refractivity contribution in [1.82, 2.24) is 4.98 Å². The number of nitrogens with two attached hydrogens (primary N) is 1. The molecular formula is C12H20N4O. The zero-order chi connectivity index (χ0) is 12.7. The van der Waals surface area contributed by atoms with Crippen LogP contribution in [0.5, 0.6) is 0 Å². The number of pyridine rings is 1. The van der Waals surface area contributed by atoms with Gasteiger partial charge in [0.1, 0.15) is 17.3 Å². The monoisotopic (exact) mass is 236 g/mol. The first-order valence-electron chi connectivity index (χ1n) is 5.78. The Morgan fingerprint density at radius 2 is 2.18 bits per heavy atom. The second-order valence-electron chi connectivity index (χ2n) is 4.00. The normalized spacial score (nSPS) is 10.2. The van der Waals surface area contributed by atoms with Crippen molar-refractivity contribution in [2.75, 3.05) is 25.1 Å². The molecule has 0 amide bonds. The van der Waals surface area contributed by atoms with Crippen molar-refractivity contribution >= 4 is 11.7 Å². The van der Waals surface area contributed by atoms with Gasteiger partial charge in [-0.2, -0.15) is 0 Å². The first-order chi connectivity index (χ1) is 8.15. The standard InChI is InChI=1S/C12H20N4O/c1-16(8-3-2-4-9-17)11-7-5-6-10(15-11)12(13)14/h5-7,17H,2-4,8-9H2,1H3,(H3,13,14). The highest BCUT2D eigenvalue weighted by atomic mass is 16.2. The summed E-state index contributed by atoms with van der Waals surface area (Å²) in [4.78, 5) is 6.33. The van der Waals surface area contributed by atoms with Crippen molar-refractivity contribution in [1.29, 1.82) is 5.41 Å². The molecule has 1 rings (SSSR count). The molecule has 0 atom stereocenters. The van der Waals surface area contributed by atoms with Crippen LogP contribution < -0.4 is 10.6 Å². The maximum atomic E-state index is 8.68. The SMILES string of the molecule is CN(CCCCCO)c1cccc(C(=N)N)n1. The third-order valence-electron chi connectivity index (χ3n) is 2.55. The van der Waals surface area contributed by atoms with Gasteiger partial charge in [-0.25, -0.2) is 4.98 Å². The summed E-state index contributed by atoms with van der Waals surface area (Å²) < 4.78 is 0. The number of rotatable bonds is 7. The second-order valence-corrected chi connectivity index (χ2v) is 4.00. The van der Waals surface area contributed by atoms with Gasteiger partial charge in [0.25, 0.3) is 0 Å². The van der Waals surface area contributed by atoms with Gasteiger partial charge in [0.2, 0.25) is 0 Å². The van der Waals surface area contributed by atoms with Gasteiger partial charge >= 0.3 is 0 Å². The summed E-state index contributed by atoms with van der Waals surface area (Å²) >= 11 is 0. The van der Waals surface area contributed by atoms with Crippen LogP contribution in [0.2, 0.25) is 0 Å². The summed E-state index contributed by atoms with van der Waals surface area (Å²) in [5.41, 5.74) is 5.90. The Labute approximate surface area is 102 Å². The average Bonchev–Trinajstić information content (AvgIpc) is 2.34. The number of anilines is 1. The lowest BCUT2D eigenvalue weighted by molar-refractivity contribution is 0.283. The van der Waals surface area contributed by atoms with E-state index in [2.05, 4.69) is 4.98 Å². The van der Waals surface area contributed by atoms with Gasteiger partial charge in [0, 0.05) is 20.2 Å². The molecule has 0 bridgehead atoms. The summed E-state index contributed by atoms with van der Waals surface area (Å²) in [5, 5.41) is 16.0. The van der Waals surface area contributed by atoms with E-state index in [1.807, 2.05) is 24.1 Å². The van der Waals surface area contributed by atoms with Crippen LogP contribution in [0.15, 0.2) is 18.2 Å². The average molecular weight is 236 g/mol. The summed E-state index contributed by atoms with van der Waals surface area (Å²) in [6.07, 6.45) is 2.87. The van der Waals surface area contributed by atoms with Crippen molar-refractivity contribution in [2.45, 2.75) is 19.3 Å². The van der Waals surface area contributed by atoms with Gasteiger partial charge in [-0.3, -0.25) is 5.41 Å². The Kier molecular flexibility index (Phi) is 5.42. The molecule has 0 saturated carbocycles. The summed E-state index contributed by atoms with van der Waals surface area (Å²) in [5.74, 6) is 0.808. The third-order valence-corrected chi connectivity index (χ3v) is 2.55. The van der Waals surface area contributed by atoms with Crippen LogP contribution in [0, 0.1) is 5.41 Å². The van der Waals surface area contributed by atoms with E-state index >= 15 is 0 Å². The fraction of sp³-hybridized carbons (Fsp3) is 0.500. The summed E-state index contributed by atoms with van der Waals surface area (Å²) in [6.45, 7) is 1.14. The molecule has 1 heterocycles. The molecule has 0 aromatic carbocycles. The molecule has 1 aromatic heterocycles. The van der Waals surface area contributed by atoms with Crippen molar-refractivity contribution in [3.8, 4) is 0 Å². The Morgan fingerprint density at radius 3 is 2.82 bits per heavy atom. The highest BCUT2D eigenvalue weighted by Gasteiger charge is 2.04. The lowest BCUT2D eigenvalue weighted by Crippen LogP contribution is -2.21. The van der Waals surface area contributed by atoms with Crippen LogP contribution >= 0.6 is 0 Å². The number of nitrogen functional groups attached to an aromatic ring is 1. The van der Waals surface area contributed by atoms with Crippen LogP contribution in [0.25, 0.3) is 0 Å². The molecule has 0 radical (unpaired) electrons. The number of amidine groups is 1. The number of unbranched alkanes of at least 4 members (excludes halogenated alkanes) is 2. The van der Waals surface area contributed by atoms with Crippen molar-refractivity contribution in [2.24, 2.45) is 5.73 Å².